The molecule has 2 aromatic carbocycles. The number of hydrogen-bond acceptors (Lipinski definition) is 6. The lowest BCUT2D eigenvalue weighted by molar-refractivity contribution is -0.388. The first-order chi connectivity index (χ1) is 18.8. The van der Waals surface area contributed by atoms with Gasteiger partial charge in [0.1, 0.15) is 17.4 Å². The largest absolute Gasteiger partial charge is 0.490 e. The Morgan fingerprint density at radius 2 is 1.59 bits per heavy atom. The summed E-state index contributed by atoms with van der Waals surface area (Å²) in [5.41, 5.74) is -2.60. The summed E-state index contributed by atoms with van der Waals surface area (Å²) in [6, 6.07) is 7.77. The lowest BCUT2D eigenvalue weighted by atomic mass is 10.1. The van der Waals surface area contributed by atoms with Crippen LogP contribution >= 0.6 is 0 Å². The molecule has 2 aromatic rings. The second kappa shape index (κ2) is 13.0. The van der Waals surface area contributed by atoms with E-state index in [2.05, 4.69) is 4.90 Å². The fourth-order valence-electron chi connectivity index (χ4n) is 4.91. The molecule has 2 heterocycles. The highest BCUT2D eigenvalue weighted by atomic mass is 19.4. The third-order valence-electron chi connectivity index (χ3n) is 7.12. The molecule has 2 saturated heterocycles. The molecule has 1 amide bonds. The maximum Gasteiger partial charge on any atom is 0.423 e. The third kappa shape index (κ3) is 8.24. The number of rotatable bonds is 7. The first kappa shape index (κ1) is 32.0. The molecule has 41 heavy (non-hydrogen) atoms. The van der Waals surface area contributed by atoms with Crippen molar-refractivity contribution in [3.63, 3.8) is 0 Å². The number of hydrogen-bond donors (Lipinski definition) is 0. The van der Waals surface area contributed by atoms with Crippen LogP contribution in [0.15, 0.2) is 42.5 Å². The molecule has 0 spiro atoms. The zero-order valence-corrected chi connectivity index (χ0v) is 21.4. The number of carbonyl (C=O) groups is 1. The van der Waals surface area contributed by atoms with Gasteiger partial charge in [-0.3, -0.25) is 19.8 Å². The van der Waals surface area contributed by atoms with E-state index < -0.39 is 40.2 Å². The number of piperazine rings is 1. The minimum atomic E-state index is -4.90. The van der Waals surface area contributed by atoms with E-state index >= 15 is 0 Å². The summed E-state index contributed by atoms with van der Waals surface area (Å²) in [5.74, 6) is -0.180. The maximum absolute atomic E-state index is 13.2. The number of halogens is 6. The van der Waals surface area contributed by atoms with E-state index in [1.807, 2.05) is 4.90 Å². The Kier molecular flexibility index (Phi) is 10.1. The Labute approximate surface area is 233 Å². The van der Waals surface area contributed by atoms with Crippen molar-refractivity contribution in [2.24, 2.45) is 0 Å². The van der Waals surface area contributed by atoms with Crippen LogP contribution in [-0.4, -0.2) is 72.5 Å². The van der Waals surface area contributed by atoms with Crippen LogP contribution in [-0.2, 0) is 17.1 Å². The van der Waals surface area contributed by atoms with E-state index in [9.17, 15) is 41.3 Å². The molecule has 0 aromatic heterocycles. The van der Waals surface area contributed by atoms with Gasteiger partial charge in [-0.05, 0) is 30.3 Å². The number of nitro groups is 1. The highest BCUT2D eigenvalue weighted by molar-refractivity contribution is 5.76. The Morgan fingerprint density at radius 3 is 2.17 bits per heavy atom. The number of benzene rings is 2. The van der Waals surface area contributed by atoms with Crippen LogP contribution in [0.3, 0.4) is 0 Å². The third-order valence-corrected chi connectivity index (χ3v) is 7.12. The average molecular weight is 591 g/mol. The monoisotopic (exact) mass is 590 g/mol. The predicted molar refractivity (Wildman–Crippen MR) is 140 cm³/mol. The molecule has 2 fully saturated rings. The van der Waals surface area contributed by atoms with Gasteiger partial charge >= 0.3 is 12.4 Å². The second-order valence-corrected chi connectivity index (χ2v) is 9.76. The van der Waals surface area contributed by atoms with Gasteiger partial charge in [-0.25, -0.2) is 0 Å². The summed E-state index contributed by atoms with van der Waals surface area (Å²) < 4.78 is 84.3. The molecular formula is C27H32F6N4O4. The van der Waals surface area contributed by atoms with E-state index in [0.717, 1.165) is 24.3 Å². The molecule has 226 valence electrons. The van der Waals surface area contributed by atoms with Crippen LogP contribution in [0.1, 0.15) is 37.8 Å². The Morgan fingerprint density at radius 1 is 0.927 bits per heavy atom. The lowest BCUT2D eigenvalue weighted by Crippen LogP contribution is -2.48. The van der Waals surface area contributed by atoms with Crippen molar-refractivity contribution < 1.29 is 40.8 Å². The lowest BCUT2D eigenvalue weighted by Gasteiger charge is -2.37. The van der Waals surface area contributed by atoms with Gasteiger partial charge in [-0.2, -0.15) is 26.3 Å². The summed E-state index contributed by atoms with van der Waals surface area (Å²) in [6.45, 7) is 3.53. The molecule has 4 rings (SSSR count). The van der Waals surface area contributed by atoms with Gasteiger partial charge in [0.2, 0.25) is 5.91 Å². The number of ether oxygens (including phenoxy) is 1. The molecule has 0 radical (unpaired) electrons. The fraction of sp³-hybridized carbons (Fsp3) is 0.519. The number of anilines is 1. The molecule has 0 unspecified atom stereocenters. The minimum absolute atomic E-state index is 0. The van der Waals surface area contributed by atoms with Crippen LogP contribution in [0, 0.1) is 10.1 Å². The number of piperidine rings is 1. The standard InChI is InChI=1S/C26H28F6N4O4.CH4/c27-25(28,29)18-2-1-3-19(16-18)34-14-12-33(13-15-34)9-8-24(37)35-10-6-20(7-11-35)40-21-4-5-23(36(38)39)22(17-21)26(30,31)32;/h1-5,16-17,20H,6-15H2;1H4. The van der Waals surface area contributed by atoms with Gasteiger partial charge < -0.3 is 14.5 Å². The van der Waals surface area contributed by atoms with E-state index in [1.165, 1.54) is 6.07 Å². The van der Waals surface area contributed by atoms with E-state index in [0.29, 0.717) is 70.4 Å². The Hall–Kier alpha value is -3.55. The number of alkyl halides is 6. The van der Waals surface area contributed by atoms with Gasteiger partial charge in [0.25, 0.3) is 5.69 Å². The molecule has 0 saturated carbocycles. The van der Waals surface area contributed by atoms with Crippen molar-refractivity contribution in [1.82, 2.24) is 9.80 Å². The van der Waals surface area contributed by atoms with E-state index in [-0.39, 0.29) is 25.5 Å². The van der Waals surface area contributed by atoms with Crippen molar-refractivity contribution in [2.75, 3.05) is 50.7 Å². The van der Waals surface area contributed by atoms with Gasteiger partial charge in [0, 0.05) is 76.8 Å². The minimum Gasteiger partial charge on any atom is -0.490 e. The van der Waals surface area contributed by atoms with Gasteiger partial charge in [-0.15, -0.1) is 0 Å². The summed E-state index contributed by atoms with van der Waals surface area (Å²) >= 11 is 0. The average Bonchev–Trinajstić information content (AvgIpc) is 2.91. The normalized spacial score (nSPS) is 17.2. The maximum atomic E-state index is 13.2. The van der Waals surface area contributed by atoms with Crippen LogP contribution in [0.2, 0.25) is 0 Å². The first-order valence-electron chi connectivity index (χ1n) is 12.8. The molecule has 0 bridgehead atoms. The van der Waals surface area contributed by atoms with Gasteiger partial charge in [-0.1, -0.05) is 13.5 Å². The zero-order valence-electron chi connectivity index (χ0n) is 21.4. The van der Waals surface area contributed by atoms with E-state index in [1.54, 1.807) is 11.0 Å². The highest BCUT2D eigenvalue weighted by Gasteiger charge is 2.39. The molecule has 0 atom stereocenters. The van der Waals surface area contributed by atoms with Gasteiger partial charge in [0.15, 0.2) is 0 Å². The predicted octanol–water partition coefficient (Wildman–Crippen LogP) is 5.85. The summed E-state index contributed by atoms with van der Waals surface area (Å²) in [6.07, 6.45) is -8.66. The Balaban J connectivity index is 0.00000462. The van der Waals surface area contributed by atoms with Crippen molar-refractivity contribution in [3.05, 3.63) is 63.7 Å². The number of nitro benzene ring substituents is 1. The second-order valence-electron chi connectivity index (χ2n) is 9.76. The van der Waals surface area contributed by atoms with Crippen molar-refractivity contribution in [2.45, 2.75) is 45.1 Å². The molecule has 0 N–H and O–H groups in total. The summed E-state index contributed by atoms with van der Waals surface area (Å²) in [5, 5.41) is 10.9. The molecule has 2 aliphatic rings. The van der Waals surface area contributed by atoms with Gasteiger partial charge in [0.05, 0.1) is 10.5 Å². The quantitative estimate of drug-likeness (QED) is 0.229. The molecule has 2 aliphatic heterocycles. The zero-order chi connectivity index (χ0) is 29.1. The number of likely N-dealkylation sites (tertiary alicyclic amines) is 1. The number of nitrogens with zero attached hydrogens (tertiary/aromatic N) is 4. The molecule has 8 nitrogen and oxygen atoms in total. The van der Waals surface area contributed by atoms with Crippen LogP contribution < -0.4 is 9.64 Å². The molecule has 0 aliphatic carbocycles. The van der Waals surface area contributed by atoms with Crippen molar-refractivity contribution in [3.8, 4) is 5.75 Å². The number of amides is 1. The SMILES string of the molecule is C.O=C(CCN1CCN(c2cccc(C(F)(F)F)c2)CC1)N1CCC(Oc2ccc([N+](=O)[O-])c(C(F)(F)F)c2)CC1. The smallest absolute Gasteiger partial charge is 0.423 e. The van der Waals surface area contributed by atoms with Crippen LogP contribution in [0.25, 0.3) is 0 Å². The fourth-order valence-corrected chi connectivity index (χ4v) is 4.91. The first-order valence-corrected chi connectivity index (χ1v) is 12.8. The van der Waals surface area contributed by atoms with Crippen molar-refractivity contribution >= 4 is 17.3 Å². The highest BCUT2D eigenvalue weighted by Crippen LogP contribution is 2.38. The number of carbonyl (C=O) groups excluding carboxylic acids is 1. The van der Waals surface area contributed by atoms with E-state index in [4.69, 9.17) is 4.74 Å². The Bertz CT molecular complexity index is 1210. The molecule has 14 heteroatoms. The summed E-state index contributed by atoms with van der Waals surface area (Å²) in [7, 11) is 0. The van der Waals surface area contributed by atoms with Crippen molar-refractivity contribution in [1.29, 1.82) is 0 Å². The summed E-state index contributed by atoms with van der Waals surface area (Å²) in [4.78, 5) is 28.2. The molecular weight excluding hydrogens is 558 g/mol. The topological polar surface area (TPSA) is 79.2 Å². The van der Waals surface area contributed by atoms with Crippen LogP contribution in [0.4, 0.5) is 37.7 Å². The van der Waals surface area contributed by atoms with Crippen LogP contribution in [0.5, 0.6) is 5.75 Å².